The van der Waals surface area contributed by atoms with Crippen LogP contribution in [0.3, 0.4) is 0 Å². The molecule has 0 saturated carbocycles. The molecule has 0 aliphatic carbocycles. The lowest BCUT2D eigenvalue weighted by Gasteiger charge is -1.99. The first-order valence-electron chi connectivity index (χ1n) is 4.33. The topological polar surface area (TPSA) is 12.9 Å². The van der Waals surface area contributed by atoms with Gasteiger partial charge >= 0.3 is 0 Å². The van der Waals surface area contributed by atoms with Crippen LogP contribution in [0.25, 0.3) is 6.08 Å². The monoisotopic (exact) mass is 161 g/mol. The maximum absolute atomic E-state index is 4.22. The number of allylic oxidation sites excluding steroid dienone is 1. The van der Waals surface area contributed by atoms with Crippen molar-refractivity contribution < 1.29 is 0 Å². The second-order valence-corrected chi connectivity index (χ2v) is 3.02. The van der Waals surface area contributed by atoms with Gasteiger partial charge in [0.25, 0.3) is 0 Å². The third-order valence-corrected chi connectivity index (χ3v) is 2.01. The Labute approximate surface area is 74.2 Å². The van der Waals surface area contributed by atoms with E-state index in [2.05, 4.69) is 31.0 Å². The minimum Gasteiger partial charge on any atom is -0.261 e. The summed E-state index contributed by atoms with van der Waals surface area (Å²) in [4.78, 5) is 4.22. The van der Waals surface area contributed by atoms with E-state index >= 15 is 0 Å². The third kappa shape index (κ3) is 2.19. The van der Waals surface area contributed by atoms with Gasteiger partial charge in [-0.25, -0.2) is 0 Å². The van der Waals surface area contributed by atoms with E-state index in [1.54, 1.807) is 0 Å². The van der Waals surface area contributed by atoms with Crippen LogP contribution in [-0.4, -0.2) is 4.98 Å². The van der Waals surface area contributed by atoms with Crippen LogP contribution in [0.5, 0.6) is 0 Å². The average molecular weight is 161 g/mol. The molecule has 0 amide bonds. The molecule has 0 aliphatic rings. The molecular weight excluding hydrogens is 146 g/mol. The van der Waals surface area contributed by atoms with Crippen LogP contribution in [-0.2, 0) is 0 Å². The number of nitrogens with zero attached hydrogens (tertiary/aromatic N) is 1. The van der Waals surface area contributed by atoms with E-state index in [0.717, 1.165) is 12.1 Å². The predicted molar refractivity (Wildman–Crippen MR) is 52.9 cm³/mol. The number of pyridine rings is 1. The molecule has 1 nitrogen and oxygen atoms in total. The van der Waals surface area contributed by atoms with Gasteiger partial charge in [0, 0.05) is 11.9 Å². The Morgan fingerprint density at radius 1 is 1.58 bits per heavy atom. The molecular formula is C11H15N. The minimum atomic E-state index is 1.10. The van der Waals surface area contributed by atoms with Gasteiger partial charge in [0.05, 0.1) is 0 Å². The average Bonchev–Trinajstić information content (AvgIpc) is 2.09. The molecule has 0 radical (unpaired) electrons. The van der Waals surface area contributed by atoms with Gasteiger partial charge in [-0.15, -0.1) is 0 Å². The van der Waals surface area contributed by atoms with Crippen LogP contribution in [0, 0.1) is 6.92 Å². The fourth-order valence-electron chi connectivity index (χ4n) is 1.02. The third-order valence-electron chi connectivity index (χ3n) is 2.01. The lowest BCUT2D eigenvalue weighted by atomic mass is 10.1. The van der Waals surface area contributed by atoms with Gasteiger partial charge in [0.2, 0.25) is 0 Å². The zero-order chi connectivity index (χ0) is 8.97. The zero-order valence-corrected chi connectivity index (χ0v) is 7.96. The minimum absolute atomic E-state index is 1.10. The van der Waals surface area contributed by atoms with Crippen LogP contribution in [0.1, 0.15) is 31.5 Å². The van der Waals surface area contributed by atoms with E-state index in [1.807, 2.05) is 19.2 Å². The van der Waals surface area contributed by atoms with E-state index in [0.29, 0.717) is 0 Å². The molecule has 0 bridgehead atoms. The molecule has 0 aromatic carbocycles. The van der Waals surface area contributed by atoms with Gasteiger partial charge in [0.15, 0.2) is 0 Å². The number of aromatic nitrogens is 1. The molecule has 1 aromatic rings. The lowest BCUT2D eigenvalue weighted by molar-refractivity contribution is 1.11. The SMILES string of the molecule is CC/C(C)=C/c1cccnc1C. The van der Waals surface area contributed by atoms with Crippen LogP contribution in [0.15, 0.2) is 23.9 Å². The highest BCUT2D eigenvalue weighted by atomic mass is 14.7. The first kappa shape index (κ1) is 8.98. The van der Waals surface area contributed by atoms with Crippen molar-refractivity contribution in [3.63, 3.8) is 0 Å². The summed E-state index contributed by atoms with van der Waals surface area (Å²) in [5.74, 6) is 0. The Morgan fingerprint density at radius 3 is 2.92 bits per heavy atom. The van der Waals surface area contributed by atoms with Gasteiger partial charge in [0.1, 0.15) is 0 Å². The Bertz CT molecular complexity index is 287. The highest BCUT2D eigenvalue weighted by molar-refractivity contribution is 5.53. The molecule has 0 spiro atoms. The molecule has 0 fully saturated rings. The standard InChI is InChI=1S/C11H15N/c1-4-9(2)8-11-6-5-7-12-10(11)3/h5-8H,4H2,1-3H3/b9-8+. The number of rotatable bonds is 2. The van der Waals surface area contributed by atoms with Crippen molar-refractivity contribution in [2.75, 3.05) is 0 Å². The number of hydrogen-bond donors (Lipinski definition) is 0. The summed E-state index contributed by atoms with van der Waals surface area (Å²) in [6.07, 6.45) is 5.13. The maximum atomic E-state index is 4.22. The van der Waals surface area contributed by atoms with Crippen molar-refractivity contribution in [3.8, 4) is 0 Å². The normalized spacial score (nSPS) is 11.8. The Hall–Kier alpha value is -1.11. The molecule has 1 heteroatoms. The molecule has 0 atom stereocenters. The molecule has 1 rings (SSSR count). The van der Waals surface area contributed by atoms with Crippen LogP contribution >= 0.6 is 0 Å². The van der Waals surface area contributed by atoms with E-state index in [4.69, 9.17) is 0 Å². The van der Waals surface area contributed by atoms with Crippen LogP contribution < -0.4 is 0 Å². The highest BCUT2D eigenvalue weighted by Gasteiger charge is 1.93. The van der Waals surface area contributed by atoms with E-state index in [1.165, 1.54) is 11.1 Å². The van der Waals surface area contributed by atoms with Gasteiger partial charge in [-0.3, -0.25) is 4.98 Å². The number of hydrogen-bond acceptors (Lipinski definition) is 1. The fourth-order valence-corrected chi connectivity index (χ4v) is 1.02. The molecule has 1 heterocycles. The van der Waals surface area contributed by atoms with Gasteiger partial charge < -0.3 is 0 Å². The first-order valence-corrected chi connectivity index (χ1v) is 4.33. The lowest BCUT2D eigenvalue weighted by Crippen LogP contribution is -1.84. The summed E-state index contributed by atoms with van der Waals surface area (Å²) in [6, 6.07) is 4.07. The van der Waals surface area contributed by atoms with Gasteiger partial charge in [-0.1, -0.05) is 24.6 Å². The Morgan fingerprint density at radius 2 is 2.33 bits per heavy atom. The molecule has 0 unspecified atom stereocenters. The molecule has 64 valence electrons. The summed E-state index contributed by atoms with van der Waals surface area (Å²) in [5.41, 5.74) is 3.73. The Balaban J connectivity index is 2.96. The smallest absolute Gasteiger partial charge is 0.0444 e. The summed E-state index contributed by atoms with van der Waals surface area (Å²) in [5, 5.41) is 0. The molecule has 12 heavy (non-hydrogen) atoms. The van der Waals surface area contributed by atoms with Crippen molar-refractivity contribution in [2.24, 2.45) is 0 Å². The summed E-state index contributed by atoms with van der Waals surface area (Å²) in [7, 11) is 0. The van der Waals surface area contributed by atoms with E-state index in [9.17, 15) is 0 Å². The summed E-state index contributed by atoms with van der Waals surface area (Å²) < 4.78 is 0. The first-order chi connectivity index (χ1) is 5.74. The van der Waals surface area contributed by atoms with Crippen molar-refractivity contribution in [2.45, 2.75) is 27.2 Å². The fraction of sp³-hybridized carbons (Fsp3) is 0.364. The summed E-state index contributed by atoms with van der Waals surface area (Å²) >= 11 is 0. The number of aryl methyl sites for hydroxylation is 1. The largest absolute Gasteiger partial charge is 0.261 e. The van der Waals surface area contributed by atoms with Crippen molar-refractivity contribution in [1.29, 1.82) is 0 Å². The van der Waals surface area contributed by atoms with E-state index < -0.39 is 0 Å². The molecule has 1 aromatic heterocycles. The van der Waals surface area contributed by atoms with Crippen molar-refractivity contribution in [1.82, 2.24) is 4.98 Å². The van der Waals surface area contributed by atoms with Gasteiger partial charge in [-0.05, 0) is 31.9 Å². The summed E-state index contributed by atoms with van der Waals surface area (Å²) in [6.45, 7) is 6.35. The second kappa shape index (κ2) is 4.05. The second-order valence-electron chi connectivity index (χ2n) is 3.02. The van der Waals surface area contributed by atoms with Gasteiger partial charge in [-0.2, -0.15) is 0 Å². The Kier molecular flexibility index (Phi) is 3.03. The highest BCUT2D eigenvalue weighted by Crippen LogP contribution is 2.10. The maximum Gasteiger partial charge on any atom is 0.0444 e. The zero-order valence-electron chi connectivity index (χ0n) is 7.96. The van der Waals surface area contributed by atoms with Crippen LogP contribution in [0.4, 0.5) is 0 Å². The molecule has 0 aliphatic heterocycles. The molecule has 0 N–H and O–H groups in total. The molecule has 0 saturated heterocycles. The quantitative estimate of drug-likeness (QED) is 0.649. The van der Waals surface area contributed by atoms with Crippen LogP contribution in [0.2, 0.25) is 0 Å². The van der Waals surface area contributed by atoms with E-state index in [-0.39, 0.29) is 0 Å². The van der Waals surface area contributed by atoms with Crippen molar-refractivity contribution >= 4 is 6.08 Å². The predicted octanol–water partition coefficient (Wildman–Crippen LogP) is 3.20. The van der Waals surface area contributed by atoms with Crippen molar-refractivity contribution in [3.05, 3.63) is 35.2 Å².